The number of carbonyl (C=O) groups excluding carboxylic acids is 1. The Morgan fingerprint density at radius 3 is 2.70 bits per heavy atom. The molecule has 0 saturated carbocycles. The zero-order chi connectivity index (χ0) is 25.4. The van der Waals surface area contributed by atoms with Gasteiger partial charge in [-0.15, -0.1) is 0 Å². The fourth-order valence-corrected chi connectivity index (χ4v) is 5.64. The standard InChI is InChI=1S/C28H21N5O2S2/c1-18-22(16-23-26(34)32(28(36)30-23)17-21-12-7-15-35-21)27(33(31-18)20-10-3-2-4-11-20)37-24-13-5-8-19-9-6-14-29-25(19)24/h2-16H,17H2,1H3,(H,30,36)/b23-16+. The lowest BCUT2D eigenvalue weighted by molar-refractivity contribution is -0.122. The predicted molar refractivity (Wildman–Crippen MR) is 147 cm³/mol. The molecule has 1 amide bonds. The second kappa shape index (κ2) is 9.68. The van der Waals surface area contributed by atoms with Crippen LogP contribution in [0.25, 0.3) is 22.7 Å². The molecule has 0 atom stereocenters. The van der Waals surface area contributed by atoms with Gasteiger partial charge in [0.2, 0.25) is 0 Å². The smallest absolute Gasteiger partial charge is 0.276 e. The van der Waals surface area contributed by atoms with Crippen LogP contribution in [0.3, 0.4) is 0 Å². The summed E-state index contributed by atoms with van der Waals surface area (Å²) in [5.74, 6) is 0.447. The van der Waals surface area contributed by atoms with E-state index in [4.69, 9.17) is 21.7 Å². The maximum Gasteiger partial charge on any atom is 0.276 e. The summed E-state index contributed by atoms with van der Waals surface area (Å²) in [6.07, 6.45) is 5.21. The summed E-state index contributed by atoms with van der Waals surface area (Å²) in [5.41, 5.74) is 3.85. The minimum absolute atomic E-state index is 0.212. The van der Waals surface area contributed by atoms with E-state index >= 15 is 0 Å². The summed E-state index contributed by atoms with van der Waals surface area (Å²) in [6, 6.07) is 23.6. The minimum Gasteiger partial charge on any atom is -0.467 e. The van der Waals surface area contributed by atoms with Crippen molar-refractivity contribution in [1.29, 1.82) is 0 Å². The number of para-hydroxylation sites is 2. The Bertz CT molecular complexity index is 1650. The molecule has 0 spiro atoms. The summed E-state index contributed by atoms with van der Waals surface area (Å²) in [7, 11) is 0. The first-order chi connectivity index (χ1) is 18.1. The normalized spacial score (nSPS) is 14.6. The topological polar surface area (TPSA) is 76.2 Å². The second-order valence-corrected chi connectivity index (χ2v) is 9.86. The number of nitrogens with one attached hydrogen (secondary N) is 1. The predicted octanol–water partition coefficient (Wildman–Crippen LogP) is 5.73. The van der Waals surface area contributed by atoms with Gasteiger partial charge in [-0.25, -0.2) is 4.68 Å². The van der Waals surface area contributed by atoms with Crippen molar-refractivity contribution in [3.05, 3.63) is 108 Å². The number of benzene rings is 2. The van der Waals surface area contributed by atoms with Crippen molar-refractivity contribution in [2.45, 2.75) is 23.4 Å². The molecular formula is C28H21N5O2S2. The minimum atomic E-state index is -0.212. The lowest BCUT2D eigenvalue weighted by atomic mass is 10.2. The number of carbonyl (C=O) groups is 1. The fraction of sp³-hybridized carbons (Fsp3) is 0.0714. The van der Waals surface area contributed by atoms with Crippen LogP contribution in [0, 0.1) is 6.92 Å². The van der Waals surface area contributed by atoms with Gasteiger partial charge in [0.25, 0.3) is 5.91 Å². The van der Waals surface area contributed by atoms with Crippen LogP contribution in [-0.2, 0) is 11.3 Å². The monoisotopic (exact) mass is 523 g/mol. The molecule has 37 heavy (non-hydrogen) atoms. The highest BCUT2D eigenvalue weighted by Gasteiger charge is 2.32. The molecule has 5 aromatic rings. The number of pyridine rings is 1. The van der Waals surface area contributed by atoms with Crippen molar-refractivity contribution in [3.8, 4) is 5.69 Å². The molecule has 0 radical (unpaired) electrons. The molecule has 1 saturated heterocycles. The summed E-state index contributed by atoms with van der Waals surface area (Å²) < 4.78 is 7.32. The third-order valence-electron chi connectivity index (χ3n) is 6.01. The maximum absolute atomic E-state index is 13.3. The molecular weight excluding hydrogens is 502 g/mol. The molecule has 182 valence electrons. The molecule has 7 nitrogen and oxygen atoms in total. The Hall–Kier alpha value is -4.21. The number of rotatable bonds is 6. The highest BCUT2D eigenvalue weighted by Crippen LogP contribution is 2.38. The Kier molecular flexibility index (Phi) is 6.07. The molecule has 2 aromatic carbocycles. The first-order valence-electron chi connectivity index (χ1n) is 11.6. The number of hydrogen-bond donors (Lipinski definition) is 1. The van der Waals surface area contributed by atoms with Crippen LogP contribution in [0.4, 0.5) is 0 Å². The van der Waals surface area contributed by atoms with Gasteiger partial charge in [-0.3, -0.25) is 14.7 Å². The first kappa shape index (κ1) is 23.2. The molecule has 4 heterocycles. The van der Waals surface area contributed by atoms with Gasteiger partial charge >= 0.3 is 0 Å². The van der Waals surface area contributed by atoms with Gasteiger partial charge in [0.1, 0.15) is 16.5 Å². The quantitative estimate of drug-likeness (QED) is 0.225. The van der Waals surface area contributed by atoms with Crippen LogP contribution in [-0.4, -0.2) is 30.7 Å². The molecule has 6 rings (SSSR count). The summed E-state index contributed by atoms with van der Waals surface area (Å²) >= 11 is 7.04. The molecule has 0 aliphatic carbocycles. The third-order valence-corrected chi connectivity index (χ3v) is 7.47. The van der Waals surface area contributed by atoms with Gasteiger partial charge < -0.3 is 9.73 Å². The fourth-order valence-electron chi connectivity index (χ4n) is 4.21. The van der Waals surface area contributed by atoms with Crippen molar-refractivity contribution in [2.24, 2.45) is 0 Å². The molecule has 0 bridgehead atoms. The van der Waals surface area contributed by atoms with Crippen molar-refractivity contribution in [2.75, 3.05) is 0 Å². The van der Waals surface area contributed by atoms with Crippen molar-refractivity contribution in [3.63, 3.8) is 0 Å². The highest BCUT2D eigenvalue weighted by atomic mass is 32.2. The van der Waals surface area contributed by atoms with Crippen LogP contribution >= 0.6 is 24.0 Å². The zero-order valence-corrected chi connectivity index (χ0v) is 21.4. The number of amides is 1. The Morgan fingerprint density at radius 1 is 1.05 bits per heavy atom. The van der Waals surface area contributed by atoms with Gasteiger partial charge in [0, 0.05) is 22.0 Å². The zero-order valence-electron chi connectivity index (χ0n) is 19.8. The Morgan fingerprint density at radius 2 is 1.89 bits per heavy atom. The number of aryl methyl sites for hydroxylation is 1. The third kappa shape index (κ3) is 4.43. The SMILES string of the molecule is Cc1nn(-c2ccccc2)c(Sc2cccc3cccnc23)c1/C=C1/NC(=S)N(Cc2ccco2)C1=O. The van der Waals surface area contributed by atoms with E-state index in [1.54, 1.807) is 30.3 Å². The number of thiocarbonyl (C=S) groups is 1. The molecule has 3 aromatic heterocycles. The van der Waals surface area contributed by atoms with E-state index in [1.807, 2.05) is 84.4 Å². The number of furan rings is 1. The van der Waals surface area contributed by atoms with E-state index in [2.05, 4.69) is 10.3 Å². The molecule has 1 aliphatic rings. The van der Waals surface area contributed by atoms with E-state index in [1.165, 1.54) is 4.90 Å². The number of fused-ring (bicyclic) bond motifs is 1. The summed E-state index contributed by atoms with van der Waals surface area (Å²) in [5, 5.41) is 10.2. The van der Waals surface area contributed by atoms with Gasteiger partial charge in [0.05, 0.1) is 29.7 Å². The number of aromatic nitrogens is 3. The molecule has 1 fully saturated rings. The Balaban J connectivity index is 1.44. The van der Waals surface area contributed by atoms with Crippen LogP contribution in [0.15, 0.2) is 105 Å². The van der Waals surface area contributed by atoms with Crippen LogP contribution in [0.2, 0.25) is 0 Å². The molecule has 9 heteroatoms. The highest BCUT2D eigenvalue weighted by molar-refractivity contribution is 7.99. The second-order valence-electron chi connectivity index (χ2n) is 8.44. The average molecular weight is 524 g/mol. The molecule has 1 N–H and O–H groups in total. The lowest BCUT2D eigenvalue weighted by Crippen LogP contribution is -2.29. The van der Waals surface area contributed by atoms with Gasteiger partial charge in [-0.2, -0.15) is 5.10 Å². The lowest BCUT2D eigenvalue weighted by Gasteiger charge is -2.11. The maximum atomic E-state index is 13.3. The van der Waals surface area contributed by atoms with Crippen LogP contribution < -0.4 is 5.32 Å². The average Bonchev–Trinajstić information content (AvgIpc) is 3.61. The van der Waals surface area contributed by atoms with E-state index in [0.29, 0.717) is 16.6 Å². The van der Waals surface area contributed by atoms with E-state index in [-0.39, 0.29) is 12.5 Å². The van der Waals surface area contributed by atoms with E-state index in [9.17, 15) is 4.79 Å². The number of nitrogens with zero attached hydrogens (tertiary/aromatic N) is 4. The van der Waals surface area contributed by atoms with Crippen LogP contribution in [0.5, 0.6) is 0 Å². The van der Waals surface area contributed by atoms with Crippen LogP contribution in [0.1, 0.15) is 17.0 Å². The van der Waals surface area contributed by atoms with Gasteiger partial charge in [-0.1, -0.05) is 48.2 Å². The van der Waals surface area contributed by atoms with Gasteiger partial charge in [-0.05, 0) is 61.6 Å². The van der Waals surface area contributed by atoms with Crippen molar-refractivity contribution < 1.29 is 9.21 Å². The number of hydrogen-bond acceptors (Lipinski definition) is 6. The van der Waals surface area contributed by atoms with E-state index in [0.717, 1.165) is 37.8 Å². The van der Waals surface area contributed by atoms with E-state index < -0.39 is 0 Å². The summed E-state index contributed by atoms with van der Waals surface area (Å²) in [6.45, 7) is 2.20. The van der Waals surface area contributed by atoms with Gasteiger partial charge in [0.15, 0.2) is 5.11 Å². The van der Waals surface area contributed by atoms with Crippen molar-refractivity contribution >= 4 is 52.0 Å². The largest absolute Gasteiger partial charge is 0.467 e. The first-order valence-corrected chi connectivity index (χ1v) is 12.8. The molecule has 1 aliphatic heterocycles. The van der Waals surface area contributed by atoms with Crippen molar-refractivity contribution in [1.82, 2.24) is 25.0 Å². The Labute approximate surface area is 222 Å². The summed E-state index contributed by atoms with van der Waals surface area (Å²) in [4.78, 5) is 20.4. The molecule has 0 unspecified atom stereocenters.